The first-order chi connectivity index (χ1) is 7.75. The summed E-state index contributed by atoms with van der Waals surface area (Å²) in [4.78, 5) is 4.22. The summed E-state index contributed by atoms with van der Waals surface area (Å²) < 4.78 is 2.24. The minimum Gasteiger partial charge on any atom is -1.00 e. The van der Waals surface area contributed by atoms with Gasteiger partial charge in [0.15, 0.2) is 0 Å². The minimum absolute atomic E-state index is 0. The maximum absolute atomic E-state index is 4.22. The number of hydrogen-bond donors (Lipinski definition) is 0. The molecule has 2 nitrogen and oxygen atoms in total. The summed E-state index contributed by atoms with van der Waals surface area (Å²) in [6.45, 7) is 4.23. The Morgan fingerprint density at radius 3 is 2.15 bits per heavy atom. The molecule has 0 radical (unpaired) electrons. The predicted octanol–water partition coefficient (Wildman–Crippen LogP) is -3.75. The zero-order chi connectivity index (χ0) is 11.1. The van der Waals surface area contributed by atoms with Crippen molar-refractivity contribution < 1.29 is 34.0 Å². The maximum Gasteiger partial charge on any atom is 2.00 e. The molecule has 0 saturated heterocycles. The third kappa shape index (κ3) is 4.27. The van der Waals surface area contributed by atoms with Crippen molar-refractivity contribution in [3.8, 4) is 5.69 Å². The van der Waals surface area contributed by atoms with E-state index in [0.717, 1.165) is 10.9 Å². The monoisotopic (exact) mass is 414 g/mol. The van der Waals surface area contributed by atoms with Gasteiger partial charge < -0.3 is 43.5 Å². The average Bonchev–Trinajstić information content (AvgIpc) is 2.85. The minimum atomic E-state index is 0. The summed E-state index contributed by atoms with van der Waals surface area (Å²) in [7, 11) is 0. The third-order valence-corrected chi connectivity index (χ3v) is 2.93. The molecule has 96 valence electrons. The zero-order valence-electron chi connectivity index (χ0n) is 11.5. The average molecular weight is 417 g/mol. The van der Waals surface area contributed by atoms with Gasteiger partial charge in [0.1, 0.15) is 0 Å². The van der Waals surface area contributed by atoms with Crippen LogP contribution in [0.1, 0.15) is 11.4 Å². The Bertz CT molecular complexity index is 643. The first-order valence-electron chi connectivity index (χ1n) is 5.34. The van der Waals surface area contributed by atoms with Gasteiger partial charge in [-0.15, -0.1) is 12.1 Å². The molecule has 0 saturated carbocycles. The van der Waals surface area contributed by atoms with E-state index in [1.54, 1.807) is 6.20 Å². The second-order valence-electron chi connectivity index (χ2n) is 4.06. The molecule has 20 heavy (non-hydrogen) atoms. The number of hydrogen-bond acceptors (Lipinski definition) is 0. The summed E-state index contributed by atoms with van der Waals surface area (Å²) >= 11 is 0. The first kappa shape index (κ1) is 22.8. The summed E-state index contributed by atoms with van der Waals surface area (Å²) in [6.07, 6.45) is 1.73. The molecule has 0 aliphatic heterocycles. The molecular formula is C14H12Br2Mg2N2. The Morgan fingerprint density at radius 1 is 0.950 bits per heavy atom. The molecule has 1 aromatic carbocycles. The molecule has 0 bridgehead atoms. The SMILES string of the molecule is Cc1ccc(C)n1-c1ccc2[n-]c[c-]c2c1.[Br-].[Br-].[Mg+2].[Mg+2]. The van der Waals surface area contributed by atoms with Crippen LogP contribution in [0.15, 0.2) is 36.5 Å². The van der Waals surface area contributed by atoms with Crippen molar-refractivity contribution >= 4 is 57.0 Å². The van der Waals surface area contributed by atoms with Crippen LogP contribution in [0.25, 0.3) is 16.6 Å². The van der Waals surface area contributed by atoms with Gasteiger partial charge in [0.05, 0.1) is 0 Å². The molecule has 0 spiro atoms. The smallest absolute Gasteiger partial charge is 1.00 e. The molecule has 2 heterocycles. The second-order valence-corrected chi connectivity index (χ2v) is 4.06. The van der Waals surface area contributed by atoms with Crippen LogP contribution in [0.2, 0.25) is 0 Å². The van der Waals surface area contributed by atoms with Gasteiger partial charge in [-0.1, -0.05) is 6.07 Å². The van der Waals surface area contributed by atoms with Crippen LogP contribution in [0, 0.1) is 19.9 Å². The van der Waals surface area contributed by atoms with Gasteiger partial charge in [0, 0.05) is 11.4 Å². The summed E-state index contributed by atoms with van der Waals surface area (Å²) in [6, 6.07) is 13.7. The predicted molar refractivity (Wildman–Crippen MR) is 76.4 cm³/mol. The molecule has 0 amide bonds. The second kappa shape index (κ2) is 9.53. The van der Waals surface area contributed by atoms with E-state index in [4.69, 9.17) is 0 Å². The van der Waals surface area contributed by atoms with E-state index in [1.165, 1.54) is 17.1 Å². The summed E-state index contributed by atoms with van der Waals surface area (Å²) in [5.41, 5.74) is 4.68. The van der Waals surface area contributed by atoms with E-state index < -0.39 is 0 Å². The number of aryl methyl sites for hydroxylation is 2. The van der Waals surface area contributed by atoms with Crippen LogP contribution in [0.4, 0.5) is 0 Å². The molecule has 0 atom stereocenters. The molecule has 0 unspecified atom stereocenters. The normalized spacial score (nSPS) is 8.90. The number of rotatable bonds is 1. The van der Waals surface area contributed by atoms with Gasteiger partial charge in [-0.25, -0.2) is 17.6 Å². The van der Waals surface area contributed by atoms with Crippen molar-refractivity contribution in [2.75, 3.05) is 0 Å². The molecule has 0 N–H and O–H groups in total. The van der Waals surface area contributed by atoms with Crippen molar-refractivity contribution in [3.05, 3.63) is 54.0 Å². The van der Waals surface area contributed by atoms with Gasteiger partial charge in [-0.3, -0.25) is 5.52 Å². The van der Waals surface area contributed by atoms with Gasteiger partial charge in [-0.2, -0.15) is 0 Å². The maximum atomic E-state index is 4.22. The molecule has 6 heteroatoms. The Morgan fingerprint density at radius 2 is 1.55 bits per heavy atom. The van der Waals surface area contributed by atoms with E-state index in [-0.39, 0.29) is 80.1 Å². The number of benzene rings is 1. The number of nitrogens with zero attached hydrogens (tertiary/aromatic N) is 2. The first-order valence-corrected chi connectivity index (χ1v) is 5.34. The largest absolute Gasteiger partial charge is 2.00 e. The fraction of sp³-hybridized carbons (Fsp3) is 0.143. The van der Waals surface area contributed by atoms with Crippen LogP contribution in [0.3, 0.4) is 0 Å². The number of halogens is 2. The number of fused-ring (bicyclic) bond motifs is 1. The van der Waals surface area contributed by atoms with E-state index in [1.807, 2.05) is 6.07 Å². The molecule has 3 aromatic rings. The fourth-order valence-electron chi connectivity index (χ4n) is 2.14. The summed E-state index contributed by atoms with van der Waals surface area (Å²) in [5.74, 6) is 0. The Balaban J connectivity index is 0. The molecule has 0 aliphatic rings. The van der Waals surface area contributed by atoms with Crippen LogP contribution in [-0.2, 0) is 0 Å². The van der Waals surface area contributed by atoms with Crippen molar-refractivity contribution in [2.24, 2.45) is 0 Å². The van der Waals surface area contributed by atoms with E-state index in [9.17, 15) is 0 Å². The quantitative estimate of drug-likeness (QED) is 0.295. The standard InChI is InChI=1S/C14H12N2.2BrH.2Mg/c1-10-3-4-11(2)16(10)13-5-6-14-12(9-13)7-8-15-14;;;;/h3-6,8-9H,1-2H3;2*1H;;/q-2;;;2*+2/p-2. The van der Waals surface area contributed by atoms with Crippen LogP contribution in [-0.4, -0.2) is 50.7 Å². The molecule has 0 fully saturated rings. The van der Waals surface area contributed by atoms with Crippen molar-refractivity contribution in [2.45, 2.75) is 13.8 Å². The van der Waals surface area contributed by atoms with Crippen molar-refractivity contribution in [3.63, 3.8) is 0 Å². The molecule has 2 aromatic heterocycles. The van der Waals surface area contributed by atoms with Crippen LogP contribution in [0.5, 0.6) is 0 Å². The van der Waals surface area contributed by atoms with E-state index >= 15 is 0 Å². The Kier molecular flexibility index (Phi) is 10.9. The van der Waals surface area contributed by atoms with Crippen LogP contribution < -0.4 is 38.9 Å². The Labute approximate surface area is 172 Å². The summed E-state index contributed by atoms with van der Waals surface area (Å²) in [5, 5.41) is 1.07. The van der Waals surface area contributed by atoms with Crippen molar-refractivity contribution in [1.82, 2.24) is 9.55 Å². The van der Waals surface area contributed by atoms with Gasteiger partial charge >= 0.3 is 46.1 Å². The van der Waals surface area contributed by atoms with Gasteiger partial charge in [0.25, 0.3) is 0 Å². The van der Waals surface area contributed by atoms with Crippen molar-refractivity contribution in [1.29, 1.82) is 0 Å². The van der Waals surface area contributed by atoms with Gasteiger partial charge in [-0.05, 0) is 31.7 Å². The molecule has 3 rings (SSSR count). The van der Waals surface area contributed by atoms with Crippen LogP contribution >= 0.6 is 0 Å². The topological polar surface area (TPSA) is 19.0 Å². The zero-order valence-corrected chi connectivity index (χ0v) is 17.5. The number of aromatic nitrogens is 2. The molecule has 0 aliphatic carbocycles. The molecular weight excluding hydrogens is 405 g/mol. The van der Waals surface area contributed by atoms with E-state index in [0.29, 0.717) is 0 Å². The Hall–Kier alpha value is 0.532. The third-order valence-electron chi connectivity index (χ3n) is 2.93. The van der Waals surface area contributed by atoms with Gasteiger partial charge in [0.2, 0.25) is 0 Å². The fourth-order valence-corrected chi connectivity index (χ4v) is 2.14. The van der Waals surface area contributed by atoms with E-state index in [2.05, 4.69) is 53.7 Å².